The third kappa shape index (κ3) is 5.17. The summed E-state index contributed by atoms with van der Waals surface area (Å²) in [4.78, 5) is 33.0. The Labute approximate surface area is 162 Å². The Balaban J connectivity index is 1.55. The minimum absolute atomic E-state index is 0.0848. The van der Waals surface area contributed by atoms with E-state index in [4.69, 9.17) is 9.15 Å². The molecule has 3 heterocycles. The van der Waals surface area contributed by atoms with Gasteiger partial charge in [-0.25, -0.2) is 4.98 Å². The molecule has 0 aliphatic carbocycles. The molecular weight excluding hydrogens is 366 g/mol. The van der Waals surface area contributed by atoms with E-state index in [1.54, 1.807) is 0 Å². The van der Waals surface area contributed by atoms with E-state index < -0.39 is 0 Å². The first kappa shape index (κ1) is 19.6. The zero-order valence-electron chi connectivity index (χ0n) is 16.0. The van der Waals surface area contributed by atoms with E-state index in [1.807, 2.05) is 30.9 Å². The maximum atomic E-state index is 12.8. The van der Waals surface area contributed by atoms with Crippen LogP contribution in [-0.4, -0.2) is 52.8 Å². The van der Waals surface area contributed by atoms with Gasteiger partial charge in [-0.3, -0.25) is 14.5 Å². The quantitative estimate of drug-likeness (QED) is 0.730. The first-order chi connectivity index (χ1) is 12.9. The van der Waals surface area contributed by atoms with Crippen LogP contribution < -0.4 is 0 Å². The Hall–Kier alpha value is -2.19. The summed E-state index contributed by atoms with van der Waals surface area (Å²) >= 11 is 1.47. The third-order valence-electron chi connectivity index (χ3n) is 4.49. The molecule has 0 aromatic carbocycles. The Morgan fingerprint density at radius 3 is 2.67 bits per heavy atom. The van der Waals surface area contributed by atoms with Gasteiger partial charge in [0.25, 0.3) is 5.91 Å². The van der Waals surface area contributed by atoms with E-state index in [0.29, 0.717) is 18.8 Å². The summed E-state index contributed by atoms with van der Waals surface area (Å²) in [6, 6.07) is 3.75. The molecule has 1 aliphatic heterocycles. The summed E-state index contributed by atoms with van der Waals surface area (Å²) < 4.78 is 10.7. The highest BCUT2D eigenvalue weighted by atomic mass is 32.1. The molecule has 0 saturated carbocycles. The average Bonchev–Trinajstić information content (AvgIpc) is 3.12. The number of rotatable bonds is 5. The average molecular weight is 391 g/mol. The van der Waals surface area contributed by atoms with E-state index in [1.165, 1.54) is 18.3 Å². The van der Waals surface area contributed by atoms with Crippen molar-refractivity contribution < 1.29 is 18.7 Å². The number of furan rings is 1. The molecule has 0 N–H and O–H groups in total. The van der Waals surface area contributed by atoms with Crippen LogP contribution in [-0.2, 0) is 22.7 Å². The second-order valence-corrected chi connectivity index (χ2v) is 7.92. The van der Waals surface area contributed by atoms with Crippen LogP contribution in [0, 0.1) is 13.8 Å². The van der Waals surface area contributed by atoms with Crippen molar-refractivity contribution in [3.8, 4) is 0 Å². The molecule has 1 fully saturated rings. The molecule has 0 unspecified atom stereocenters. The van der Waals surface area contributed by atoms with Crippen LogP contribution in [0.5, 0.6) is 0 Å². The van der Waals surface area contributed by atoms with Gasteiger partial charge in [0, 0.05) is 33.1 Å². The van der Waals surface area contributed by atoms with Gasteiger partial charge in [0.15, 0.2) is 0 Å². The van der Waals surface area contributed by atoms with Crippen molar-refractivity contribution in [3.05, 3.63) is 39.2 Å². The molecular formula is C19H25N3O4S. The summed E-state index contributed by atoms with van der Waals surface area (Å²) in [6.45, 7) is 9.18. The zero-order valence-corrected chi connectivity index (χ0v) is 16.8. The van der Waals surface area contributed by atoms with E-state index >= 15 is 0 Å². The minimum Gasteiger partial charge on any atom is -0.461 e. The topological polar surface area (TPSA) is 75.9 Å². The molecule has 2 aromatic heterocycles. The molecule has 1 aliphatic rings. The fourth-order valence-corrected chi connectivity index (χ4v) is 4.07. The second-order valence-electron chi connectivity index (χ2n) is 6.72. The maximum absolute atomic E-state index is 12.8. The number of hydrogen-bond donors (Lipinski definition) is 0. The SMILES string of the molecule is CC(=O)OCc1ccc(CN2CCCN(C(=O)c3sc(C)nc3C)CC2)o1. The predicted molar refractivity (Wildman–Crippen MR) is 102 cm³/mol. The number of nitrogens with zero attached hydrogens (tertiary/aromatic N) is 3. The molecule has 0 spiro atoms. The smallest absolute Gasteiger partial charge is 0.303 e. The molecule has 2 aromatic rings. The molecule has 0 atom stereocenters. The van der Waals surface area contributed by atoms with Gasteiger partial charge in [0.2, 0.25) is 0 Å². The second kappa shape index (κ2) is 8.67. The molecule has 3 rings (SSSR count). The lowest BCUT2D eigenvalue weighted by atomic mass is 10.3. The molecule has 27 heavy (non-hydrogen) atoms. The van der Waals surface area contributed by atoms with Gasteiger partial charge < -0.3 is 14.1 Å². The number of aromatic nitrogens is 1. The van der Waals surface area contributed by atoms with Gasteiger partial charge in [-0.05, 0) is 32.4 Å². The largest absolute Gasteiger partial charge is 0.461 e. The third-order valence-corrected chi connectivity index (χ3v) is 5.55. The van der Waals surface area contributed by atoms with Crippen molar-refractivity contribution in [2.24, 2.45) is 0 Å². The van der Waals surface area contributed by atoms with Crippen LogP contribution in [0.15, 0.2) is 16.5 Å². The standard InChI is InChI=1S/C19H25N3O4S/c1-13-18(27-14(2)20-13)19(24)22-8-4-7-21(9-10-22)11-16-5-6-17(26-16)12-25-15(3)23/h5-6H,4,7-12H2,1-3H3. The van der Waals surface area contributed by atoms with Gasteiger partial charge in [-0.1, -0.05) is 0 Å². The van der Waals surface area contributed by atoms with Crippen molar-refractivity contribution in [2.45, 2.75) is 40.3 Å². The Kier molecular flexibility index (Phi) is 6.28. The van der Waals surface area contributed by atoms with Gasteiger partial charge in [-0.15, -0.1) is 11.3 Å². The number of carbonyl (C=O) groups is 2. The highest BCUT2D eigenvalue weighted by Crippen LogP contribution is 2.20. The van der Waals surface area contributed by atoms with Crippen molar-refractivity contribution in [1.82, 2.24) is 14.8 Å². The number of carbonyl (C=O) groups excluding carboxylic acids is 2. The van der Waals surface area contributed by atoms with Crippen LogP contribution in [0.1, 0.15) is 45.2 Å². The summed E-state index contributed by atoms with van der Waals surface area (Å²) in [5, 5.41) is 0.926. The van der Waals surface area contributed by atoms with E-state index in [2.05, 4.69) is 9.88 Å². The van der Waals surface area contributed by atoms with Crippen LogP contribution in [0.2, 0.25) is 0 Å². The minimum atomic E-state index is -0.323. The molecule has 146 valence electrons. The lowest BCUT2D eigenvalue weighted by molar-refractivity contribution is -0.142. The van der Waals surface area contributed by atoms with E-state index in [-0.39, 0.29) is 18.5 Å². The van der Waals surface area contributed by atoms with Crippen LogP contribution >= 0.6 is 11.3 Å². The van der Waals surface area contributed by atoms with Gasteiger partial charge in [-0.2, -0.15) is 0 Å². The summed E-state index contributed by atoms with van der Waals surface area (Å²) in [5.41, 5.74) is 0.819. The summed E-state index contributed by atoms with van der Waals surface area (Å²) in [6.07, 6.45) is 0.920. The van der Waals surface area contributed by atoms with Gasteiger partial charge >= 0.3 is 5.97 Å². The molecule has 0 radical (unpaired) electrons. The van der Waals surface area contributed by atoms with Crippen molar-refractivity contribution >= 4 is 23.2 Å². The fourth-order valence-electron chi connectivity index (χ4n) is 3.18. The van der Waals surface area contributed by atoms with Crippen LogP contribution in [0.25, 0.3) is 0 Å². The van der Waals surface area contributed by atoms with E-state index in [0.717, 1.165) is 47.4 Å². The normalized spacial score (nSPS) is 15.6. The summed E-state index contributed by atoms with van der Waals surface area (Å²) in [7, 11) is 0. The lowest BCUT2D eigenvalue weighted by Gasteiger charge is -2.21. The first-order valence-corrected chi connectivity index (χ1v) is 9.90. The van der Waals surface area contributed by atoms with Crippen molar-refractivity contribution in [3.63, 3.8) is 0 Å². The Bertz CT molecular complexity index is 814. The molecule has 7 nitrogen and oxygen atoms in total. The molecule has 1 saturated heterocycles. The van der Waals surface area contributed by atoms with Gasteiger partial charge in [0.05, 0.1) is 17.2 Å². The molecule has 8 heteroatoms. The van der Waals surface area contributed by atoms with Crippen LogP contribution in [0.3, 0.4) is 0 Å². The number of thiazole rings is 1. The highest BCUT2D eigenvalue weighted by Gasteiger charge is 2.24. The molecule has 1 amide bonds. The molecule has 0 bridgehead atoms. The Morgan fingerprint density at radius 2 is 1.96 bits per heavy atom. The predicted octanol–water partition coefficient (Wildman–Crippen LogP) is 2.76. The van der Waals surface area contributed by atoms with Crippen LogP contribution in [0.4, 0.5) is 0 Å². The van der Waals surface area contributed by atoms with Crippen molar-refractivity contribution in [1.29, 1.82) is 0 Å². The van der Waals surface area contributed by atoms with Crippen molar-refractivity contribution in [2.75, 3.05) is 26.2 Å². The number of aryl methyl sites for hydroxylation is 2. The lowest BCUT2D eigenvalue weighted by Crippen LogP contribution is -2.35. The highest BCUT2D eigenvalue weighted by molar-refractivity contribution is 7.13. The fraction of sp³-hybridized carbons (Fsp3) is 0.526. The maximum Gasteiger partial charge on any atom is 0.303 e. The number of ether oxygens (including phenoxy) is 1. The summed E-state index contributed by atoms with van der Waals surface area (Å²) in [5.74, 6) is 1.24. The zero-order chi connectivity index (χ0) is 19.4. The Morgan fingerprint density at radius 1 is 1.19 bits per heavy atom. The number of amides is 1. The number of esters is 1. The number of hydrogen-bond acceptors (Lipinski definition) is 7. The van der Waals surface area contributed by atoms with E-state index in [9.17, 15) is 9.59 Å². The van der Waals surface area contributed by atoms with Gasteiger partial charge in [0.1, 0.15) is 23.0 Å². The first-order valence-electron chi connectivity index (χ1n) is 9.09. The monoisotopic (exact) mass is 391 g/mol.